The van der Waals surface area contributed by atoms with E-state index in [2.05, 4.69) is 210 Å². The Kier molecular flexibility index (Phi) is 8.75. The van der Waals surface area contributed by atoms with Crippen LogP contribution in [0.1, 0.15) is 0 Å². The predicted molar refractivity (Wildman–Crippen MR) is 260 cm³/mol. The van der Waals surface area contributed by atoms with Crippen molar-refractivity contribution in [2.75, 3.05) is 4.90 Å². The van der Waals surface area contributed by atoms with Crippen LogP contribution in [0, 0.1) is 0 Å². The van der Waals surface area contributed by atoms with Crippen LogP contribution in [-0.4, -0.2) is 14.5 Å². The third-order valence-electron chi connectivity index (χ3n) is 12.0. The first-order valence-electron chi connectivity index (χ1n) is 21.2. The number of fused-ring (bicyclic) bond motifs is 6. The van der Waals surface area contributed by atoms with Gasteiger partial charge in [-0.2, -0.15) is 0 Å². The summed E-state index contributed by atoms with van der Waals surface area (Å²) in [6.45, 7) is 0. The van der Waals surface area contributed by atoms with Gasteiger partial charge in [0, 0.05) is 55.3 Å². The van der Waals surface area contributed by atoms with Crippen LogP contribution in [0.2, 0.25) is 0 Å². The summed E-state index contributed by atoms with van der Waals surface area (Å²) in [7, 11) is 0. The van der Waals surface area contributed by atoms with Gasteiger partial charge in [0.15, 0.2) is 11.4 Å². The van der Waals surface area contributed by atoms with Crippen LogP contribution < -0.4 is 4.90 Å². The molecule has 0 saturated carbocycles. The summed E-state index contributed by atoms with van der Waals surface area (Å²) in [6, 6.07) is 80.7. The van der Waals surface area contributed by atoms with Crippen LogP contribution in [-0.2, 0) is 0 Å². The zero-order chi connectivity index (χ0) is 41.7. The number of furan rings is 1. The van der Waals surface area contributed by atoms with E-state index < -0.39 is 0 Å². The average Bonchev–Trinajstić information content (AvgIpc) is 3.91. The van der Waals surface area contributed by atoms with Crippen molar-refractivity contribution in [2.24, 2.45) is 0 Å². The Balaban J connectivity index is 0.956. The van der Waals surface area contributed by atoms with E-state index in [0.29, 0.717) is 5.82 Å². The molecule has 9 aromatic carbocycles. The van der Waals surface area contributed by atoms with Crippen molar-refractivity contribution in [1.82, 2.24) is 14.5 Å². The molecule has 3 heterocycles. The first-order chi connectivity index (χ1) is 31.2. The van der Waals surface area contributed by atoms with Crippen molar-refractivity contribution >= 4 is 60.8 Å². The Hall–Kier alpha value is -8.54. The second-order valence-corrected chi connectivity index (χ2v) is 15.8. The number of rotatable bonds is 8. The molecule has 296 valence electrons. The molecule has 0 aliphatic heterocycles. The van der Waals surface area contributed by atoms with Gasteiger partial charge in [0.05, 0.1) is 28.1 Å². The van der Waals surface area contributed by atoms with Gasteiger partial charge in [-0.15, -0.1) is 0 Å². The molecule has 0 spiro atoms. The molecule has 5 nitrogen and oxygen atoms in total. The summed E-state index contributed by atoms with van der Waals surface area (Å²) in [5, 5.41) is 4.55. The van der Waals surface area contributed by atoms with Gasteiger partial charge in [0.2, 0.25) is 0 Å². The topological polar surface area (TPSA) is 47.1 Å². The van der Waals surface area contributed by atoms with Crippen LogP contribution in [0.15, 0.2) is 235 Å². The molecule has 0 radical (unpaired) electrons. The van der Waals surface area contributed by atoms with E-state index in [1.54, 1.807) is 0 Å². The third kappa shape index (κ3) is 6.42. The standard InChI is InChI=1S/C58H38N4O/c1-4-15-39(16-5-1)40-27-32-45(33-28-40)61(44-19-8-3-9-20-44)55-26-14-23-50-49-36-31-43(37-56(49)63-57(50)55)58-59-51(41-17-6-2-7-18-41)38-52(60-58)42-29-34-46(35-30-42)62-53-24-12-10-21-47(53)48-22-11-13-25-54(48)62/h1-38H. The van der Waals surface area contributed by atoms with Crippen LogP contribution in [0.4, 0.5) is 17.1 Å². The summed E-state index contributed by atoms with van der Waals surface area (Å²) in [5.41, 5.74) is 15.0. The monoisotopic (exact) mass is 806 g/mol. The zero-order valence-electron chi connectivity index (χ0n) is 34.1. The van der Waals surface area contributed by atoms with Crippen LogP contribution in [0.3, 0.4) is 0 Å². The van der Waals surface area contributed by atoms with Gasteiger partial charge in [0.1, 0.15) is 5.58 Å². The predicted octanol–water partition coefficient (Wildman–Crippen LogP) is 15.6. The number of aromatic nitrogens is 3. The highest BCUT2D eigenvalue weighted by molar-refractivity contribution is 6.11. The molecule has 0 atom stereocenters. The van der Waals surface area contributed by atoms with E-state index in [9.17, 15) is 0 Å². The fourth-order valence-corrected chi connectivity index (χ4v) is 9.00. The van der Waals surface area contributed by atoms with Crippen molar-refractivity contribution in [1.29, 1.82) is 0 Å². The van der Waals surface area contributed by atoms with Gasteiger partial charge < -0.3 is 13.9 Å². The molecule has 0 aliphatic carbocycles. The van der Waals surface area contributed by atoms with Crippen molar-refractivity contribution in [3.63, 3.8) is 0 Å². The number of benzene rings is 9. The first-order valence-corrected chi connectivity index (χ1v) is 21.2. The molecule has 5 heteroatoms. The second kappa shape index (κ2) is 15.2. The molecule has 12 rings (SSSR count). The Morgan fingerprint density at radius 1 is 0.365 bits per heavy atom. The van der Waals surface area contributed by atoms with Crippen molar-refractivity contribution in [3.05, 3.63) is 231 Å². The van der Waals surface area contributed by atoms with Crippen molar-refractivity contribution < 1.29 is 4.42 Å². The highest BCUT2D eigenvalue weighted by Crippen LogP contribution is 2.43. The number of nitrogens with zero attached hydrogens (tertiary/aromatic N) is 4. The molecule has 0 amide bonds. The smallest absolute Gasteiger partial charge is 0.160 e. The molecule has 12 aromatic rings. The lowest BCUT2D eigenvalue weighted by Gasteiger charge is -2.25. The highest BCUT2D eigenvalue weighted by atomic mass is 16.3. The van der Waals surface area contributed by atoms with Crippen LogP contribution in [0.25, 0.3) is 94.5 Å². The zero-order valence-corrected chi connectivity index (χ0v) is 34.1. The van der Waals surface area contributed by atoms with E-state index in [-0.39, 0.29) is 0 Å². The van der Waals surface area contributed by atoms with Gasteiger partial charge >= 0.3 is 0 Å². The van der Waals surface area contributed by atoms with E-state index in [4.69, 9.17) is 14.4 Å². The summed E-state index contributed by atoms with van der Waals surface area (Å²) < 4.78 is 9.24. The maximum absolute atomic E-state index is 6.90. The molecular formula is C58H38N4O. The number of hydrogen-bond donors (Lipinski definition) is 0. The Morgan fingerprint density at radius 3 is 1.54 bits per heavy atom. The summed E-state index contributed by atoms with van der Waals surface area (Å²) in [6.07, 6.45) is 0. The minimum atomic E-state index is 0.629. The maximum atomic E-state index is 6.90. The lowest BCUT2D eigenvalue weighted by Crippen LogP contribution is -2.10. The Bertz CT molecular complexity index is 3540. The van der Waals surface area contributed by atoms with Crippen LogP contribution in [0.5, 0.6) is 0 Å². The summed E-state index contributed by atoms with van der Waals surface area (Å²) in [4.78, 5) is 12.7. The molecule has 3 aromatic heterocycles. The number of para-hydroxylation sites is 4. The molecular weight excluding hydrogens is 769 g/mol. The van der Waals surface area contributed by atoms with Crippen molar-refractivity contribution in [2.45, 2.75) is 0 Å². The van der Waals surface area contributed by atoms with E-state index in [1.807, 2.05) is 30.3 Å². The quantitative estimate of drug-likeness (QED) is 0.153. The van der Waals surface area contributed by atoms with Gasteiger partial charge in [0.25, 0.3) is 0 Å². The maximum Gasteiger partial charge on any atom is 0.160 e. The number of anilines is 3. The Labute approximate surface area is 364 Å². The molecule has 0 N–H and O–H groups in total. The normalized spacial score (nSPS) is 11.5. The molecule has 63 heavy (non-hydrogen) atoms. The minimum absolute atomic E-state index is 0.629. The fraction of sp³-hybridized carbons (Fsp3) is 0. The SMILES string of the molecule is c1ccc(-c2ccc(N(c3ccccc3)c3cccc4c3oc3cc(-c5nc(-c6ccccc6)cc(-c6ccc(-n7c8ccccc8c8ccccc87)cc6)n5)ccc34)cc2)cc1. The lowest BCUT2D eigenvalue weighted by molar-refractivity contribution is 0.669. The second-order valence-electron chi connectivity index (χ2n) is 15.8. The summed E-state index contributed by atoms with van der Waals surface area (Å²) >= 11 is 0. The molecule has 0 unspecified atom stereocenters. The van der Waals surface area contributed by atoms with Crippen LogP contribution >= 0.6 is 0 Å². The average molecular weight is 807 g/mol. The number of hydrogen-bond acceptors (Lipinski definition) is 4. The largest absolute Gasteiger partial charge is 0.454 e. The molecule has 0 saturated heterocycles. The minimum Gasteiger partial charge on any atom is -0.454 e. The highest BCUT2D eigenvalue weighted by Gasteiger charge is 2.21. The Morgan fingerprint density at radius 2 is 0.873 bits per heavy atom. The third-order valence-corrected chi connectivity index (χ3v) is 12.0. The molecule has 0 aliphatic rings. The van der Waals surface area contributed by atoms with E-state index in [1.165, 1.54) is 32.9 Å². The lowest BCUT2D eigenvalue weighted by atomic mass is 10.0. The molecule has 0 bridgehead atoms. The van der Waals surface area contributed by atoms with E-state index in [0.717, 1.165) is 72.8 Å². The van der Waals surface area contributed by atoms with Gasteiger partial charge in [-0.05, 0) is 83.9 Å². The van der Waals surface area contributed by atoms with Gasteiger partial charge in [-0.25, -0.2) is 9.97 Å². The fourth-order valence-electron chi connectivity index (χ4n) is 9.00. The summed E-state index contributed by atoms with van der Waals surface area (Å²) in [5.74, 6) is 0.629. The molecule has 0 fully saturated rings. The van der Waals surface area contributed by atoms with Gasteiger partial charge in [-0.3, -0.25) is 0 Å². The first kappa shape index (κ1) is 36.3. The van der Waals surface area contributed by atoms with E-state index >= 15 is 0 Å². The van der Waals surface area contributed by atoms with Gasteiger partial charge in [-0.1, -0.05) is 158 Å². The van der Waals surface area contributed by atoms with Crippen molar-refractivity contribution in [3.8, 4) is 50.7 Å².